The molecular formula is C64H125NO5. The number of aliphatic hydroxyl groups is 2. The van der Waals surface area contributed by atoms with Crippen LogP contribution in [-0.4, -0.2) is 47.4 Å². The Balaban J connectivity index is 3.43. The lowest BCUT2D eigenvalue weighted by Gasteiger charge is -2.22. The molecule has 0 aliphatic heterocycles. The number of unbranched alkanes of at least 4 members (excludes halogenated alkanes) is 47. The highest BCUT2D eigenvalue weighted by atomic mass is 16.5. The van der Waals surface area contributed by atoms with Gasteiger partial charge in [-0.3, -0.25) is 9.59 Å². The van der Waals surface area contributed by atoms with E-state index in [1.807, 2.05) is 0 Å². The molecule has 1 amide bonds. The van der Waals surface area contributed by atoms with Crippen LogP contribution in [0, 0.1) is 0 Å². The van der Waals surface area contributed by atoms with Crippen molar-refractivity contribution in [1.29, 1.82) is 0 Å². The Kier molecular flexibility index (Phi) is 59.0. The molecule has 0 saturated carbocycles. The van der Waals surface area contributed by atoms with Crippen molar-refractivity contribution >= 4 is 11.9 Å². The van der Waals surface area contributed by atoms with Crippen LogP contribution in [0.3, 0.4) is 0 Å². The van der Waals surface area contributed by atoms with Gasteiger partial charge in [0.15, 0.2) is 0 Å². The van der Waals surface area contributed by atoms with E-state index >= 15 is 0 Å². The maximum absolute atomic E-state index is 12.5. The minimum absolute atomic E-state index is 0.00685. The van der Waals surface area contributed by atoms with Gasteiger partial charge in [0.1, 0.15) is 0 Å². The largest absolute Gasteiger partial charge is 0.466 e. The fourth-order valence-corrected chi connectivity index (χ4v) is 10.2. The quantitative estimate of drug-likeness (QED) is 0.0321. The SMILES string of the molecule is CCCCCCCCCCCCCCCCCCCCCCCCC(O)C(CO)NC(=O)CCCCCCCCC/C=C\CCCCCCCCCCCOC(=O)CCCCCCCCCCCCC. The zero-order valence-corrected chi connectivity index (χ0v) is 47.5. The summed E-state index contributed by atoms with van der Waals surface area (Å²) in [5.41, 5.74) is 0. The van der Waals surface area contributed by atoms with Crippen molar-refractivity contribution in [3.8, 4) is 0 Å². The van der Waals surface area contributed by atoms with Crippen LogP contribution in [-0.2, 0) is 14.3 Å². The van der Waals surface area contributed by atoms with E-state index in [0.717, 1.165) is 38.5 Å². The average Bonchev–Trinajstić information content (AvgIpc) is 3.36. The lowest BCUT2D eigenvalue weighted by molar-refractivity contribution is -0.143. The Morgan fingerprint density at radius 3 is 1.01 bits per heavy atom. The minimum atomic E-state index is -0.670. The fourth-order valence-electron chi connectivity index (χ4n) is 10.2. The summed E-state index contributed by atoms with van der Waals surface area (Å²) in [5.74, 6) is -0.0325. The number of ether oxygens (including phenoxy) is 1. The van der Waals surface area contributed by atoms with E-state index in [0.29, 0.717) is 25.9 Å². The van der Waals surface area contributed by atoms with Crippen molar-refractivity contribution in [2.45, 2.75) is 373 Å². The molecule has 0 saturated heterocycles. The van der Waals surface area contributed by atoms with Crippen LogP contribution >= 0.6 is 0 Å². The molecule has 0 rings (SSSR count). The maximum Gasteiger partial charge on any atom is 0.305 e. The molecule has 0 fully saturated rings. The number of aliphatic hydroxyl groups excluding tert-OH is 2. The molecule has 0 heterocycles. The van der Waals surface area contributed by atoms with Gasteiger partial charge >= 0.3 is 5.97 Å². The summed E-state index contributed by atoms with van der Waals surface area (Å²) in [5, 5.41) is 23.4. The van der Waals surface area contributed by atoms with Crippen LogP contribution in [0.15, 0.2) is 12.2 Å². The van der Waals surface area contributed by atoms with Gasteiger partial charge in [-0.2, -0.15) is 0 Å². The number of hydrogen-bond donors (Lipinski definition) is 3. The first kappa shape index (κ1) is 68.6. The monoisotopic (exact) mass is 988 g/mol. The van der Waals surface area contributed by atoms with E-state index < -0.39 is 12.1 Å². The summed E-state index contributed by atoms with van der Waals surface area (Å²) in [6.07, 6.45) is 72.2. The fraction of sp³-hybridized carbons (Fsp3) is 0.938. The number of allylic oxidation sites excluding steroid dienone is 2. The molecule has 0 spiro atoms. The Hall–Kier alpha value is -1.40. The number of carbonyl (C=O) groups is 2. The second-order valence-electron chi connectivity index (χ2n) is 22.1. The minimum Gasteiger partial charge on any atom is -0.466 e. The summed E-state index contributed by atoms with van der Waals surface area (Å²) in [4.78, 5) is 24.5. The standard InChI is InChI=1S/C64H125NO5/c1-3-5-7-9-11-13-15-16-17-18-19-20-21-24-27-30-33-37-40-44-48-52-56-62(67)61(60-66)65-63(68)57-53-49-45-41-38-34-31-28-25-22-23-26-29-32-35-39-43-47-51-55-59-70-64(69)58-54-50-46-42-36-14-12-10-8-6-4-2/h22,25,61-62,66-67H,3-21,23-24,26-60H2,1-2H3,(H,65,68)/b25-22-. The van der Waals surface area contributed by atoms with Gasteiger partial charge in [0, 0.05) is 12.8 Å². The van der Waals surface area contributed by atoms with E-state index in [2.05, 4.69) is 31.3 Å². The van der Waals surface area contributed by atoms with Crippen molar-refractivity contribution in [3.63, 3.8) is 0 Å². The van der Waals surface area contributed by atoms with Gasteiger partial charge in [-0.25, -0.2) is 0 Å². The van der Waals surface area contributed by atoms with Gasteiger partial charge in [0.05, 0.1) is 25.4 Å². The lowest BCUT2D eigenvalue weighted by atomic mass is 10.0. The van der Waals surface area contributed by atoms with Crippen molar-refractivity contribution in [2.75, 3.05) is 13.2 Å². The zero-order valence-electron chi connectivity index (χ0n) is 47.5. The molecule has 416 valence electrons. The number of rotatable bonds is 60. The molecule has 0 aromatic heterocycles. The van der Waals surface area contributed by atoms with Crippen molar-refractivity contribution in [1.82, 2.24) is 5.32 Å². The van der Waals surface area contributed by atoms with Gasteiger partial charge < -0.3 is 20.3 Å². The molecule has 0 aromatic carbocycles. The summed E-state index contributed by atoms with van der Waals surface area (Å²) < 4.78 is 5.46. The van der Waals surface area contributed by atoms with Gasteiger partial charge in [0.25, 0.3) is 0 Å². The molecule has 0 aliphatic carbocycles. The van der Waals surface area contributed by atoms with E-state index in [1.165, 1.54) is 289 Å². The first-order chi connectivity index (χ1) is 34.5. The Labute approximate surface area is 438 Å². The number of hydrogen-bond acceptors (Lipinski definition) is 5. The highest BCUT2D eigenvalue weighted by Crippen LogP contribution is 2.18. The zero-order chi connectivity index (χ0) is 50.7. The van der Waals surface area contributed by atoms with Crippen molar-refractivity contribution < 1.29 is 24.5 Å². The van der Waals surface area contributed by atoms with Gasteiger partial charge in [0.2, 0.25) is 5.91 Å². The maximum atomic E-state index is 12.5. The first-order valence-corrected chi connectivity index (χ1v) is 31.9. The van der Waals surface area contributed by atoms with Crippen LogP contribution in [0.2, 0.25) is 0 Å². The predicted octanol–water partition coefficient (Wildman–Crippen LogP) is 20.0. The van der Waals surface area contributed by atoms with E-state index in [4.69, 9.17) is 4.74 Å². The third kappa shape index (κ3) is 55.9. The molecule has 0 aliphatic rings. The summed E-state index contributed by atoms with van der Waals surface area (Å²) in [7, 11) is 0. The summed E-state index contributed by atoms with van der Waals surface area (Å²) in [6, 6.07) is -0.548. The van der Waals surface area contributed by atoms with E-state index in [-0.39, 0.29) is 18.5 Å². The second-order valence-corrected chi connectivity index (χ2v) is 22.1. The van der Waals surface area contributed by atoms with Crippen LogP contribution in [0.5, 0.6) is 0 Å². The van der Waals surface area contributed by atoms with Crippen LogP contribution < -0.4 is 5.32 Å². The highest BCUT2D eigenvalue weighted by molar-refractivity contribution is 5.76. The number of esters is 1. The molecular weight excluding hydrogens is 863 g/mol. The van der Waals surface area contributed by atoms with Crippen LogP contribution in [0.25, 0.3) is 0 Å². The molecule has 6 nitrogen and oxygen atoms in total. The molecule has 2 unspecified atom stereocenters. The molecule has 0 aromatic rings. The summed E-state index contributed by atoms with van der Waals surface area (Å²) in [6.45, 7) is 4.97. The second kappa shape index (κ2) is 60.2. The van der Waals surface area contributed by atoms with E-state index in [9.17, 15) is 19.8 Å². The summed E-state index contributed by atoms with van der Waals surface area (Å²) >= 11 is 0. The van der Waals surface area contributed by atoms with Crippen LogP contribution in [0.1, 0.15) is 361 Å². The van der Waals surface area contributed by atoms with Crippen LogP contribution in [0.4, 0.5) is 0 Å². The molecule has 2 atom stereocenters. The van der Waals surface area contributed by atoms with Gasteiger partial charge in [-0.1, -0.05) is 309 Å². The third-order valence-corrected chi connectivity index (χ3v) is 15.1. The number of amides is 1. The number of carbonyl (C=O) groups excluding carboxylic acids is 2. The van der Waals surface area contributed by atoms with Crippen molar-refractivity contribution in [2.24, 2.45) is 0 Å². The Morgan fingerprint density at radius 1 is 0.386 bits per heavy atom. The average molecular weight is 989 g/mol. The lowest BCUT2D eigenvalue weighted by Crippen LogP contribution is -2.45. The Morgan fingerprint density at radius 2 is 0.671 bits per heavy atom. The normalized spacial score (nSPS) is 12.6. The van der Waals surface area contributed by atoms with Gasteiger partial charge in [-0.05, 0) is 51.4 Å². The molecule has 3 N–H and O–H groups in total. The topological polar surface area (TPSA) is 95.9 Å². The molecule has 0 radical (unpaired) electrons. The smallest absolute Gasteiger partial charge is 0.305 e. The first-order valence-electron chi connectivity index (χ1n) is 31.9. The van der Waals surface area contributed by atoms with Gasteiger partial charge in [-0.15, -0.1) is 0 Å². The molecule has 0 bridgehead atoms. The van der Waals surface area contributed by atoms with Crippen molar-refractivity contribution in [3.05, 3.63) is 12.2 Å². The van der Waals surface area contributed by atoms with E-state index in [1.54, 1.807) is 0 Å². The third-order valence-electron chi connectivity index (χ3n) is 15.1. The molecule has 70 heavy (non-hydrogen) atoms. The molecule has 6 heteroatoms. The predicted molar refractivity (Wildman–Crippen MR) is 306 cm³/mol. The Bertz CT molecular complexity index is 1050. The number of nitrogens with one attached hydrogen (secondary N) is 1. The highest BCUT2D eigenvalue weighted by Gasteiger charge is 2.20.